The van der Waals surface area contributed by atoms with E-state index in [-0.39, 0.29) is 10.6 Å². The average molecular weight is 440 g/mol. The highest BCUT2D eigenvalue weighted by Crippen LogP contribution is 2.37. The monoisotopic (exact) mass is 439 g/mol. The molecule has 2 heterocycles. The highest BCUT2D eigenvalue weighted by atomic mass is 32.2. The third kappa shape index (κ3) is 4.03. The van der Waals surface area contributed by atoms with Crippen LogP contribution >= 0.6 is 22.7 Å². The molecule has 7 heteroatoms. The van der Waals surface area contributed by atoms with Gasteiger partial charge in [-0.15, -0.1) is 11.3 Å². The van der Waals surface area contributed by atoms with E-state index in [0.717, 1.165) is 32.1 Å². The van der Waals surface area contributed by atoms with Gasteiger partial charge in [-0.3, -0.25) is 9.00 Å². The molecule has 1 amide bonds. The van der Waals surface area contributed by atoms with Crippen LogP contribution in [0.3, 0.4) is 0 Å². The van der Waals surface area contributed by atoms with Gasteiger partial charge in [0.05, 0.1) is 0 Å². The van der Waals surface area contributed by atoms with Gasteiger partial charge in [0.15, 0.2) is 5.06 Å². The molecule has 4 rings (SSSR count). The van der Waals surface area contributed by atoms with Crippen molar-refractivity contribution in [2.75, 3.05) is 6.26 Å². The lowest BCUT2D eigenvalue weighted by Gasteiger charge is -2.07. The summed E-state index contributed by atoms with van der Waals surface area (Å²) >= 11 is 2.72. The van der Waals surface area contributed by atoms with E-state index in [9.17, 15) is 14.1 Å². The maximum Gasteiger partial charge on any atom is 0.260 e. The van der Waals surface area contributed by atoms with Crippen LogP contribution in [0.4, 0.5) is 0 Å². The second-order valence-electron chi connectivity index (χ2n) is 6.27. The molecule has 0 saturated carbocycles. The van der Waals surface area contributed by atoms with E-state index in [1.807, 2.05) is 47.8 Å². The van der Waals surface area contributed by atoms with Crippen molar-refractivity contribution in [2.24, 2.45) is 0 Å². The molecule has 0 aliphatic carbocycles. The van der Waals surface area contributed by atoms with Gasteiger partial charge in [-0.1, -0.05) is 47.7 Å². The van der Waals surface area contributed by atoms with Gasteiger partial charge in [-0.25, -0.2) is 0 Å². The molecule has 146 valence electrons. The first-order chi connectivity index (χ1) is 14.0. The third-order valence-corrected chi connectivity index (χ3v) is 7.21. The summed E-state index contributed by atoms with van der Waals surface area (Å²) in [4.78, 5) is 14.6. The molecular weight excluding hydrogens is 422 g/mol. The van der Waals surface area contributed by atoms with E-state index in [2.05, 4.69) is 5.32 Å². The summed E-state index contributed by atoms with van der Waals surface area (Å²) in [5.74, 6) is -0.405. The number of carbonyl (C=O) groups is 1. The minimum absolute atomic E-state index is 0.0534. The van der Waals surface area contributed by atoms with Crippen LogP contribution in [0.5, 0.6) is 5.06 Å². The molecule has 0 fully saturated rings. The van der Waals surface area contributed by atoms with Crippen molar-refractivity contribution in [1.82, 2.24) is 5.32 Å². The van der Waals surface area contributed by atoms with Crippen LogP contribution in [0.25, 0.3) is 15.7 Å². The molecule has 2 N–H and O–H groups in total. The molecule has 0 aliphatic heterocycles. The second-order valence-corrected chi connectivity index (χ2v) is 9.63. The van der Waals surface area contributed by atoms with Gasteiger partial charge in [-0.05, 0) is 35.2 Å². The molecule has 0 spiro atoms. The first kappa shape index (κ1) is 19.6. The SMILES string of the molecule is CS(=O)c1ccc2sc(O)c(C(=O)N/C=C(/c3ccccc3)c3cccs3)c2c1. The highest BCUT2D eigenvalue weighted by molar-refractivity contribution is 7.84. The predicted octanol–water partition coefficient (Wildman–Crippen LogP) is 5.23. The number of hydrogen-bond acceptors (Lipinski definition) is 5. The van der Waals surface area contributed by atoms with E-state index in [1.54, 1.807) is 42.0 Å². The van der Waals surface area contributed by atoms with Gasteiger partial charge in [0.25, 0.3) is 5.91 Å². The number of amides is 1. The minimum Gasteiger partial charge on any atom is -0.499 e. The van der Waals surface area contributed by atoms with Crippen molar-refractivity contribution >= 4 is 55.0 Å². The third-order valence-electron chi connectivity index (χ3n) is 4.42. The van der Waals surface area contributed by atoms with E-state index < -0.39 is 16.7 Å². The van der Waals surface area contributed by atoms with Crippen LogP contribution in [-0.2, 0) is 10.8 Å². The molecule has 1 atom stereocenters. The molecule has 2 aromatic heterocycles. The Balaban J connectivity index is 1.72. The lowest BCUT2D eigenvalue weighted by molar-refractivity contribution is 0.0970. The molecule has 0 radical (unpaired) electrons. The summed E-state index contributed by atoms with van der Waals surface area (Å²) < 4.78 is 12.6. The molecule has 2 aromatic carbocycles. The average Bonchev–Trinajstić information content (AvgIpc) is 3.35. The van der Waals surface area contributed by atoms with Gasteiger partial charge in [-0.2, -0.15) is 0 Å². The number of nitrogens with one attached hydrogen (secondary N) is 1. The van der Waals surface area contributed by atoms with Crippen molar-refractivity contribution in [3.05, 3.63) is 88.2 Å². The number of thiophene rings is 2. The molecule has 4 aromatic rings. The zero-order valence-electron chi connectivity index (χ0n) is 15.4. The Bertz CT molecular complexity index is 1230. The molecule has 0 aliphatic rings. The van der Waals surface area contributed by atoms with Gasteiger partial charge in [0.2, 0.25) is 0 Å². The molecule has 1 unspecified atom stereocenters. The van der Waals surface area contributed by atoms with Crippen LogP contribution < -0.4 is 5.32 Å². The molecule has 0 saturated heterocycles. The molecule has 29 heavy (non-hydrogen) atoms. The van der Waals surface area contributed by atoms with E-state index in [4.69, 9.17) is 0 Å². The lowest BCUT2D eigenvalue weighted by Crippen LogP contribution is -2.17. The van der Waals surface area contributed by atoms with Gasteiger partial charge < -0.3 is 10.4 Å². The number of hydrogen-bond donors (Lipinski definition) is 2. The molecular formula is C22H17NO3S3. The van der Waals surface area contributed by atoms with Crippen molar-refractivity contribution in [3.63, 3.8) is 0 Å². The Hall–Kier alpha value is -2.74. The van der Waals surface area contributed by atoms with Crippen LogP contribution in [0.1, 0.15) is 20.8 Å². The first-order valence-corrected chi connectivity index (χ1v) is 12.0. The summed E-state index contributed by atoms with van der Waals surface area (Å²) in [6.45, 7) is 0. The zero-order chi connectivity index (χ0) is 20.4. The maximum atomic E-state index is 12.9. The number of aromatic hydroxyl groups is 1. The second kappa shape index (κ2) is 8.32. The summed E-state index contributed by atoms with van der Waals surface area (Å²) in [5, 5.41) is 15.7. The maximum absolute atomic E-state index is 12.9. The zero-order valence-corrected chi connectivity index (χ0v) is 17.9. The van der Waals surface area contributed by atoms with E-state index in [0.29, 0.717) is 10.3 Å². The number of carbonyl (C=O) groups excluding carboxylic acids is 1. The fourth-order valence-corrected chi connectivity index (χ4v) is 5.25. The minimum atomic E-state index is -1.17. The lowest BCUT2D eigenvalue weighted by atomic mass is 10.1. The Morgan fingerprint density at radius 1 is 1.10 bits per heavy atom. The number of benzene rings is 2. The smallest absolute Gasteiger partial charge is 0.260 e. The van der Waals surface area contributed by atoms with Crippen LogP contribution in [0, 0.1) is 0 Å². The van der Waals surface area contributed by atoms with Gasteiger partial charge >= 0.3 is 0 Å². The fourth-order valence-electron chi connectivity index (χ4n) is 3.02. The standard InChI is InChI=1S/C22H17NO3S3/c1-29(26)15-9-10-19-16(12-15)20(22(25)28-19)21(24)23-13-17(18-8-5-11-27-18)14-6-3-2-4-7-14/h2-13,25H,1H3,(H,23,24)/b17-13-. The highest BCUT2D eigenvalue weighted by Gasteiger charge is 2.19. The first-order valence-electron chi connectivity index (χ1n) is 8.74. The van der Waals surface area contributed by atoms with Crippen molar-refractivity contribution in [1.29, 1.82) is 0 Å². The normalized spacial score (nSPS) is 12.8. The Labute approximate surface area is 178 Å². The predicted molar refractivity (Wildman–Crippen MR) is 121 cm³/mol. The number of fused-ring (bicyclic) bond motifs is 1. The van der Waals surface area contributed by atoms with Crippen molar-refractivity contribution < 1.29 is 14.1 Å². The molecule has 4 nitrogen and oxygen atoms in total. The van der Waals surface area contributed by atoms with Gasteiger partial charge in [0, 0.05) is 48.7 Å². The molecule has 0 bridgehead atoms. The summed E-state index contributed by atoms with van der Waals surface area (Å²) in [7, 11) is -1.17. The Kier molecular flexibility index (Phi) is 5.62. The van der Waals surface area contributed by atoms with E-state index >= 15 is 0 Å². The van der Waals surface area contributed by atoms with Crippen molar-refractivity contribution in [3.8, 4) is 5.06 Å². The van der Waals surface area contributed by atoms with Crippen LogP contribution in [0.15, 0.2) is 77.1 Å². The van der Waals surface area contributed by atoms with Crippen molar-refractivity contribution in [2.45, 2.75) is 4.90 Å². The summed E-state index contributed by atoms with van der Waals surface area (Å²) in [6, 6.07) is 19.0. The Morgan fingerprint density at radius 3 is 2.59 bits per heavy atom. The Morgan fingerprint density at radius 2 is 1.90 bits per heavy atom. The summed E-state index contributed by atoms with van der Waals surface area (Å²) in [5.41, 5.74) is 2.08. The van der Waals surface area contributed by atoms with Crippen LogP contribution in [0.2, 0.25) is 0 Å². The quantitative estimate of drug-likeness (QED) is 0.448. The van der Waals surface area contributed by atoms with Crippen LogP contribution in [-0.4, -0.2) is 21.5 Å². The van der Waals surface area contributed by atoms with Gasteiger partial charge in [0.1, 0.15) is 5.56 Å². The summed E-state index contributed by atoms with van der Waals surface area (Å²) in [6.07, 6.45) is 3.26. The topological polar surface area (TPSA) is 66.4 Å². The largest absolute Gasteiger partial charge is 0.499 e. The van der Waals surface area contributed by atoms with E-state index in [1.165, 1.54) is 0 Å². The number of rotatable bonds is 5. The fraction of sp³-hybridized carbons (Fsp3) is 0.0455.